The maximum Gasteiger partial charge on any atom is 0.256 e. The van der Waals surface area contributed by atoms with Crippen LogP contribution in [0.5, 0.6) is 0 Å². The number of nitrogens with zero attached hydrogens (tertiary/aromatic N) is 2. The Kier molecular flexibility index (Phi) is 2.57. The molecule has 1 saturated heterocycles. The zero-order valence-corrected chi connectivity index (χ0v) is 11.3. The van der Waals surface area contributed by atoms with E-state index in [2.05, 4.69) is 10.2 Å². The number of aromatic amines is 1. The molecule has 5 nitrogen and oxygen atoms in total. The van der Waals surface area contributed by atoms with Gasteiger partial charge in [-0.1, -0.05) is 12.1 Å². The monoisotopic (exact) mass is 271 g/mol. The van der Waals surface area contributed by atoms with Gasteiger partial charge in [0.05, 0.1) is 36.0 Å². The van der Waals surface area contributed by atoms with Crippen LogP contribution in [0.4, 0.5) is 0 Å². The molecule has 1 aromatic heterocycles. The minimum absolute atomic E-state index is 0.0597. The standard InChI is InChI=1S/C15H17N3O2/c19-14(12-4-1-3-11-9-16-17-13(11)12)18-7-8-20-15(10-18)5-2-6-15/h1,3-4,9H,2,5-8,10H2,(H,16,17). The van der Waals surface area contributed by atoms with Gasteiger partial charge < -0.3 is 9.64 Å². The Hall–Kier alpha value is -1.88. The third kappa shape index (κ3) is 1.73. The van der Waals surface area contributed by atoms with Crippen LogP contribution < -0.4 is 0 Å². The summed E-state index contributed by atoms with van der Waals surface area (Å²) in [5, 5.41) is 7.93. The van der Waals surface area contributed by atoms with E-state index in [0.717, 1.165) is 30.3 Å². The van der Waals surface area contributed by atoms with Gasteiger partial charge in [-0.05, 0) is 25.3 Å². The number of ether oxygens (including phenoxy) is 1. The summed E-state index contributed by atoms with van der Waals surface area (Å²) in [6, 6.07) is 5.73. The van der Waals surface area contributed by atoms with Gasteiger partial charge >= 0.3 is 0 Å². The van der Waals surface area contributed by atoms with Crippen LogP contribution in [0.3, 0.4) is 0 Å². The van der Waals surface area contributed by atoms with Crippen molar-refractivity contribution in [3.05, 3.63) is 30.0 Å². The van der Waals surface area contributed by atoms with Gasteiger partial charge in [0.1, 0.15) is 0 Å². The van der Waals surface area contributed by atoms with Crippen LogP contribution in [0.15, 0.2) is 24.4 Å². The molecule has 1 aromatic carbocycles. The average molecular weight is 271 g/mol. The number of amides is 1. The third-order valence-electron chi connectivity index (χ3n) is 4.51. The zero-order valence-electron chi connectivity index (χ0n) is 11.3. The first-order valence-corrected chi connectivity index (χ1v) is 7.13. The highest BCUT2D eigenvalue weighted by Gasteiger charge is 2.43. The van der Waals surface area contributed by atoms with Gasteiger partial charge in [-0.25, -0.2) is 0 Å². The SMILES string of the molecule is O=C(c1cccc2cn[nH]c12)N1CCOC2(CCC2)C1. The number of aromatic nitrogens is 2. The lowest BCUT2D eigenvalue weighted by Crippen LogP contribution is -2.57. The maximum absolute atomic E-state index is 12.8. The van der Waals surface area contributed by atoms with E-state index in [9.17, 15) is 4.79 Å². The molecule has 2 aromatic rings. The van der Waals surface area contributed by atoms with Crippen molar-refractivity contribution in [3.8, 4) is 0 Å². The Morgan fingerprint density at radius 2 is 2.30 bits per heavy atom. The number of benzene rings is 1. The molecule has 0 unspecified atom stereocenters. The number of carbonyl (C=O) groups excluding carboxylic acids is 1. The molecule has 0 radical (unpaired) electrons. The van der Waals surface area contributed by atoms with Crippen molar-refractivity contribution in [3.63, 3.8) is 0 Å². The van der Waals surface area contributed by atoms with Crippen LogP contribution >= 0.6 is 0 Å². The fraction of sp³-hybridized carbons (Fsp3) is 0.467. The highest BCUT2D eigenvalue weighted by atomic mass is 16.5. The van der Waals surface area contributed by atoms with Crippen LogP contribution in [0.2, 0.25) is 0 Å². The largest absolute Gasteiger partial charge is 0.371 e. The molecule has 1 spiro atoms. The molecule has 0 atom stereocenters. The van der Waals surface area contributed by atoms with E-state index in [1.165, 1.54) is 6.42 Å². The fourth-order valence-corrected chi connectivity index (χ4v) is 3.21. The number of rotatable bonds is 1. The number of nitrogens with one attached hydrogen (secondary N) is 1. The summed E-state index contributed by atoms with van der Waals surface area (Å²) in [4.78, 5) is 14.7. The van der Waals surface area contributed by atoms with Crippen molar-refractivity contribution in [2.45, 2.75) is 24.9 Å². The number of fused-ring (bicyclic) bond motifs is 1. The second kappa shape index (κ2) is 4.31. The molecular weight excluding hydrogens is 254 g/mol. The summed E-state index contributed by atoms with van der Waals surface area (Å²) < 4.78 is 5.88. The van der Waals surface area contributed by atoms with Crippen molar-refractivity contribution >= 4 is 16.8 Å². The summed E-state index contributed by atoms with van der Waals surface area (Å²) in [6.07, 6.45) is 5.10. The number of hydrogen-bond donors (Lipinski definition) is 1. The molecule has 2 aliphatic rings. The lowest BCUT2D eigenvalue weighted by atomic mass is 9.79. The highest BCUT2D eigenvalue weighted by molar-refractivity contribution is 6.05. The molecule has 1 N–H and O–H groups in total. The number of morpholine rings is 1. The molecule has 20 heavy (non-hydrogen) atoms. The van der Waals surface area contributed by atoms with E-state index >= 15 is 0 Å². The summed E-state index contributed by atoms with van der Waals surface area (Å²) in [5.41, 5.74) is 1.47. The van der Waals surface area contributed by atoms with Gasteiger partial charge in [0, 0.05) is 11.9 Å². The van der Waals surface area contributed by atoms with E-state index in [1.807, 2.05) is 23.1 Å². The van der Waals surface area contributed by atoms with Gasteiger partial charge in [-0.2, -0.15) is 5.10 Å². The number of H-pyrrole nitrogens is 1. The second-order valence-electron chi connectivity index (χ2n) is 5.75. The molecule has 4 rings (SSSR count). The van der Waals surface area contributed by atoms with Crippen molar-refractivity contribution in [1.82, 2.24) is 15.1 Å². The normalized spacial score (nSPS) is 21.1. The molecule has 1 saturated carbocycles. The minimum atomic E-state index is -0.0597. The quantitative estimate of drug-likeness (QED) is 0.862. The lowest BCUT2D eigenvalue weighted by molar-refractivity contribution is -0.142. The van der Waals surface area contributed by atoms with Gasteiger partial charge in [0.2, 0.25) is 0 Å². The Morgan fingerprint density at radius 3 is 3.10 bits per heavy atom. The highest BCUT2D eigenvalue weighted by Crippen LogP contribution is 2.38. The minimum Gasteiger partial charge on any atom is -0.371 e. The molecule has 2 fully saturated rings. The summed E-state index contributed by atoms with van der Waals surface area (Å²) in [7, 11) is 0. The Bertz CT molecular complexity index is 660. The molecule has 0 bridgehead atoms. The molecule has 5 heteroatoms. The Morgan fingerprint density at radius 1 is 1.40 bits per heavy atom. The Labute approximate surface area is 116 Å². The van der Waals surface area contributed by atoms with Crippen LogP contribution in [0, 0.1) is 0 Å². The van der Waals surface area contributed by atoms with Crippen LogP contribution in [0.1, 0.15) is 29.6 Å². The van der Waals surface area contributed by atoms with Gasteiger partial charge in [-0.15, -0.1) is 0 Å². The lowest BCUT2D eigenvalue weighted by Gasteiger charge is -2.48. The second-order valence-corrected chi connectivity index (χ2v) is 5.75. The van der Waals surface area contributed by atoms with Crippen molar-refractivity contribution in [2.24, 2.45) is 0 Å². The predicted octanol–water partition coefficient (Wildman–Crippen LogP) is 1.96. The maximum atomic E-state index is 12.8. The molecule has 2 heterocycles. The fourth-order valence-electron chi connectivity index (χ4n) is 3.21. The first kappa shape index (κ1) is 11.9. The van der Waals surface area contributed by atoms with Crippen molar-refractivity contribution < 1.29 is 9.53 Å². The van der Waals surface area contributed by atoms with Gasteiger partial charge in [-0.3, -0.25) is 9.89 Å². The first-order valence-electron chi connectivity index (χ1n) is 7.13. The molecule has 1 aliphatic carbocycles. The van der Waals surface area contributed by atoms with Crippen LogP contribution in [-0.2, 0) is 4.74 Å². The van der Waals surface area contributed by atoms with E-state index in [0.29, 0.717) is 18.7 Å². The molecule has 1 amide bonds. The summed E-state index contributed by atoms with van der Waals surface area (Å²) >= 11 is 0. The van der Waals surface area contributed by atoms with Gasteiger partial charge in [0.25, 0.3) is 5.91 Å². The van der Waals surface area contributed by atoms with E-state index in [1.54, 1.807) is 6.20 Å². The molecule has 104 valence electrons. The number of para-hydroxylation sites is 1. The van der Waals surface area contributed by atoms with Crippen molar-refractivity contribution in [2.75, 3.05) is 19.7 Å². The van der Waals surface area contributed by atoms with E-state index in [-0.39, 0.29) is 11.5 Å². The number of carbonyl (C=O) groups is 1. The molecular formula is C15H17N3O2. The number of hydrogen-bond acceptors (Lipinski definition) is 3. The Balaban J connectivity index is 1.65. The topological polar surface area (TPSA) is 58.2 Å². The first-order chi connectivity index (χ1) is 9.77. The summed E-state index contributed by atoms with van der Waals surface area (Å²) in [5.74, 6) is 0.0782. The van der Waals surface area contributed by atoms with Crippen LogP contribution in [-0.4, -0.2) is 46.3 Å². The van der Waals surface area contributed by atoms with E-state index in [4.69, 9.17) is 4.74 Å². The zero-order chi connectivity index (χ0) is 13.6. The van der Waals surface area contributed by atoms with Crippen molar-refractivity contribution in [1.29, 1.82) is 0 Å². The third-order valence-corrected chi connectivity index (χ3v) is 4.51. The predicted molar refractivity (Wildman–Crippen MR) is 74.5 cm³/mol. The average Bonchev–Trinajstić information content (AvgIpc) is 2.93. The van der Waals surface area contributed by atoms with E-state index < -0.39 is 0 Å². The summed E-state index contributed by atoms with van der Waals surface area (Å²) in [6.45, 7) is 2.03. The van der Waals surface area contributed by atoms with Crippen LogP contribution in [0.25, 0.3) is 10.9 Å². The molecule has 1 aliphatic heterocycles. The van der Waals surface area contributed by atoms with Gasteiger partial charge in [0.15, 0.2) is 0 Å². The smallest absolute Gasteiger partial charge is 0.256 e.